The number of hydrogen-bond donors (Lipinski definition) is 0. The van der Waals surface area contributed by atoms with Crippen molar-refractivity contribution in [1.82, 2.24) is 4.57 Å². The van der Waals surface area contributed by atoms with Crippen LogP contribution >= 0.6 is 0 Å². The molecule has 0 amide bonds. The monoisotopic (exact) mass is 745 g/mol. The number of rotatable bonds is 6. The highest BCUT2D eigenvalue weighted by Crippen LogP contribution is 2.42. The first-order valence-electron chi connectivity index (χ1n) is 20.2. The highest BCUT2D eigenvalue weighted by molar-refractivity contribution is 6.17. The highest BCUT2D eigenvalue weighted by atomic mass is 16.3. The van der Waals surface area contributed by atoms with Gasteiger partial charge < -0.3 is 8.98 Å². The van der Waals surface area contributed by atoms with Crippen molar-refractivity contribution in [3.05, 3.63) is 211 Å². The molecule has 0 saturated carbocycles. The van der Waals surface area contributed by atoms with Crippen LogP contribution in [0.5, 0.6) is 0 Å². The number of furan rings is 1. The summed E-state index contributed by atoms with van der Waals surface area (Å²) in [5.41, 5.74) is 14.2. The van der Waals surface area contributed by atoms with E-state index in [1.54, 1.807) is 0 Å². The van der Waals surface area contributed by atoms with Gasteiger partial charge in [0.1, 0.15) is 11.2 Å². The molecule has 276 valence electrons. The Hall–Kier alpha value is -7.30. The quantitative estimate of drug-likeness (QED) is 0.167. The lowest BCUT2D eigenvalue weighted by molar-refractivity contribution is 0.622. The van der Waals surface area contributed by atoms with E-state index in [1.165, 1.54) is 27.4 Å². The molecule has 1 atom stereocenters. The number of nitrogens with zero attached hydrogens (tertiary/aromatic N) is 3. The van der Waals surface area contributed by atoms with Crippen molar-refractivity contribution < 1.29 is 4.42 Å². The van der Waals surface area contributed by atoms with E-state index in [2.05, 4.69) is 187 Å². The molecule has 8 aromatic carbocycles. The fourth-order valence-electron chi connectivity index (χ4n) is 8.86. The number of amidine groups is 1. The van der Waals surface area contributed by atoms with Crippen molar-refractivity contribution >= 4 is 55.3 Å². The van der Waals surface area contributed by atoms with Gasteiger partial charge in [0.15, 0.2) is 5.84 Å². The number of para-hydroxylation sites is 3. The predicted molar refractivity (Wildman–Crippen MR) is 241 cm³/mol. The van der Waals surface area contributed by atoms with E-state index in [1.807, 2.05) is 12.1 Å². The van der Waals surface area contributed by atoms with Gasteiger partial charge in [-0.3, -0.25) is 4.99 Å². The predicted octanol–water partition coefficient (Wildman–Crippen LogP) is 14.2. The fraction of sp³-hybridized carbons (Fsp3) is 0.0741. The van der Waals surface area contributed by atoms with Crippen LogP contribution in [-0.4, -0.2) is 16.1 Å². The van der Waals surface area contributed by atoms with Crippen molar-refractivity contribution in [2.45, 2.75) is 25.3 Å². The minimum atomic E-state index is 0.0658. The molecule has 0 radical (unpaired) electrons. The normalized spacial score (nSPS) is 16.5. The summed E-state index contributed by atoms with van der Waals surface area (Å²) in [6.07, 6.45) is 2.81. The van der Waals surface area contributed by atoms with E-state index in [9.17, 15) is 0 Å². The van der Waals surface area contributed by atoms with E-state index in [-0.39, 0.29) is 6.04 Å². The summed E-state index contributed by atoms with van der Waals surface area (Å²) >= 11 is 0. The molecule has 2 aromatic heterocycles. The molecule has 1 aliphatic rings. The van der Waals surface area contributed by atoms with Crippen molar-refractivity contribution in [2.75, 3.05) is 0 Å². The van der Waals surface area contributed by atoms with E-state index >= 15 is 0 Å². The molecule has 58 heavy (non-hydrogen) atoms. The summed E-state index contributed by atoms with van der Waals surface area (Å²) in [6, 6.07) is 69.1. The summed E-state index contributed by atoms with van der Waals surface area (Å²) in [5.74, 6) is 0.782. The molecule has 11 rings (SSSR count). The molecule has 0 N–H and O–H groups in total. The summed E-state index contributed by atoms with van der Waals surface area (Å²) in [4.78, 5) is 10.7. The molecule has 10 aromatic rings. The minimum Gasteiger partial charge on any atom is -0.456 e. The van der Waals surface area contributed by atoms with Crippen LogP contribution in [0.4, 0.5) is 0 Å². The van der Waals surface area contributed by atoms with Gasteiger partial charge >= 0.3 is 0 Å². The van der Waals surface area contributed by atoms with E-state index in [0.717, 1.165) is 91.8 Å². The van der Waals surface area contributed by atoms with Crippen LogP contribution in [0, 0.1) is 0 Å². The Morgan fingerprint density at radius 2 is 1.17 bits per heavy atom. The van der Waals surface area contributed by atoms with Crippen LogP contribution in [0.25, 0.3) is 71.7 Å². The second kappa shape index (κ2) is 14.3. The van der Waals surface area contributed by atoms with Gasteiger partial charge in [0.2, 0.25) is 0 Å². The van der Waals surface area contributed by atoms with Crippen molar-refractivity contribution in [3.8, 4) is 27.9 Å². The number of hydrogen-bond acceptors (Lipinski definition) is 3. The third kappa shape index (κ3) is 6.02. The minimum absolute atomic E-state index is 0.0658. The first kappa shape index (κ1) is 34.0. The fourth-order valence-corrected chi connectivity index (χ4v) is 8.86. The molecule has 3 heterocycles. The van der Waals surface area contributed by atoms with Gasteiger partial charge in [-0.05, 0) is 107 Å². The molecular formula is C54H39N3O. The Morgan fingerprint density at radius 3 is 2.02 bits per heavy atom. The Morgan fingerprint density at radius 1 is 0.483 bits per heavy atom. The van der Waals surface area contributed by atoms with Crippen molar-refractivity contribution in [1.29, 1.82) is 0 Å². The molecule has 4 nitrogen and oxygen atoms in total. The SMILES string of the molecule is c1ccc(C2=N/C(c3ccccc3)CCC/C(c3cccc(-c4cc(-c5ccc6c(c5)c5ccccc5n6-c5ccccc5)c5c(c4)oc4ccccc45)c3)=N\2)cc1. The van der Waals surface area contributed by atoms with Crippen LogP contribution in [0.1, 0.15) is 42.0 Å². The average molecular weight is 746 g/mol. The summed E-state index contributed by atoms with van der Waals surface area (Å²) in [7, 11) is 0. The highest BCUT2D eigenvalue weighted by Gasteiger charge is 2.21. The number of fused-ring (bicyclic) bond motifs is 6. The number of aromatic nitrogens is 1. The van der Waals surface area contributed by atoms with E-state index < -0.39 is 0 Å². The lowest BCUT2D eigenvalue weighted by atomic mass is 9.92. The Labute approximate surface area is 337 Å². The molecule has 0 aliphatic carbocycles. The molecule has 0 saturated heterocycles. The van der Waals surface area contributed by atoms with Gasteiger partial charge in [0, 0.05) is 32.8 Å². The van der Waals surface area contributed by atoms with Crippen LogP contribution in [-0.2, 0) is 0 Å². The smallest absolute Gasteiger partial charge is 0.155 e. The molecular weight excluding hydrogens is 707 g/mol. The van der Waals surface area contributed by atoms with Gasteiger partial charge in [-0.1, -0.05) is 140 Å². The third-order valence-electron chi connectivity index (χ3n) is 11.6. The number of aliphatic imine (C=N–C) groups is 2. The Kier molecular flexibility index (Phi) is 8.40. The second-order valence-electron chi connectivity index (χ2n) is 15.2. The van der Waals surface area contributed by atoms with Gasteiger partial charge in [-0.25, -0.2) is 4.99 Å². The standard InChI is InChI=1S/C54H39N3O/c1-4-16-36(17-5-1)47-26-15-27-48(56-54(55-47)37-18-6-2-7-19-37)40-21-14-20-38(32-40)41-34-45(53-44-25-11-13-29-51(44)58-52(53)35-41)39-30-31-50-46(33-39)43-24-10-12-28-49(43)57(50)42-22-8-3-9-23-42/h1-14,16-25,28-35,47H,15,26-27H2/b55-54-,56-48+. The van der Waals surface area contributed by atoms with Gasteiger partial charge in [0.25, 0.3) is 0 Å². The van der Waals surface area contributed by atoms with Crippen molar-refractivity contribution in [2.24, 2.45) is 9.98 Å². The molecule has 0 spiro atoms. The van der Waals surface area contributed by atoms with Crippen molar-refractivity contribution in [3.63, 3.8) is 0 Å². The van der Waals surface area contributed by atoms with Crippen LogP contribution in [0.15, 0.2) is 209 Å². The molecule has 4 heteroatoms. The first-order chi connectivity index (χ1) is 28.7. The molecule has 0 bridgehead atoms. The van der Waals surface area contributed by atoms with Gasteiger partial charge in [-0.2, -0.15) is 0 Å². The lowest BCUT2D eigenvalue weighted by Gasteiger charge is -2.19. The molecule has 0 fully saturated rings. The van der Waals surface area contributed by atoms with Crippen LogP contribution in [0.2, 0.25) is 0 Å². The third-order valence-corrected chi connectivity index (χ3v) is 11.6. The van der Waals surface area contributed by atoms with E-state index in [0.29, 0.717) is 0 Å². The lowest BCUT2D eigenvalue weighted by Crippen LogP contribution is -2.12. The number of benzene rings is 8. The summed E-state index contributed by atoms with van der Waals surface area (Å²) < 4.78 is 9.01. The zero-order valence-corrected chi connectivity index (χ0v) is 31.9. The topological polar surface area (TPSA) is 42.8 Å². The van der Waals surface area contributed by atoms with Crippen LogP contribution in [0.3, 0.4) is 0 Å². The zero-order chi connectivity index (χ0) is 38.4. The molecule has 1 unspecified atom stereocenters. The average Bonchev–Trinajstić information content (AvgIpc) is 3.83. The maximum atomic E-state index is 6.64. The summed E-state index contributed by atoms with van der Waals surface area (Å²) in [6.45, 7) is 0. The van der Waals surface area contributed by atoms with E-state index in [4.69, 9.17) is 14.4 Å². The van der Waals surface area contributed by atoms with Gasteiger partial charge in [0.05, 0.1) is 22.8 Å². The Bertz CT molecular complexity index is 3190. The second-order valence-corrected chi connectivity index (χ2v) is 15.2. The summed E-state index contributed by atoms with van der Waals surface area (Å²) in [5, 5.41) is 4.69. The maximum Gasteiger partial charge on any atom is 0.155 e. The largest absolute Gasteiger partial charge is 0.456 e. The first-order valence-corrected chi connectivity index (χ1v) is 20.2. The zero-order valence-electron chi connectivity index (χ0n) is 31.9. The van der Waals surface area contributed by atoms with Gasteiger partial charge in [-0.15, -0.1) is 0 Å². The Balaban J connectivity index is 1.06. The van der Waals surface area contributed by atoms with Crippen LogP contribution < -0.4 is 0 Å². The molecule has 1 aliphatic heterocycles. The maximum absolute atomic E-state index is 6.64.